The van der Waals surface area contributed by atoms with Crippen molar-refractivity contribution in [1.82, 2.24) is 0 Å². The number of nitrogens with two attached hydrogens (primary N) is 1. The second kappa shape index (κ2) is 3.68. The standard InChI is InChI=1S/C10H14FN/c1-7-4-3-5-8(2)10(7)9(11)6-12/h3-5,9H,6,12H2,1-2H3. The maximum absolute atomic E-state index is 13.3. The summed E-state index contributed by atoms with van der Waals surface area (Å²) >= 11 is 0. The van der Waals surface area contributed by atoms with Gasteiger partial charge in [0.1, 0.15) is 6.17 Å². The zero-order valence-corrected chi connectivity index (χ0v) is 7.47. The topological polar surface area (TPSA) is 26.0 Å². The van der Waals surface area contributed by atoms with Crippen molar-refractivity contribution in [1.29, 1.82) is 0 Å². The summed E-state index contributed by atoms with van der Waals surface area (Å²) in [4.78, 5) is 0. The molecule has 0 aliphatic rings. The fourth-order valence-corrected chi connectivity index (χ4v) is 1.44. The summed E-state index contributed by atoms with van der Waals surface area (Å²) in [6.45, 7) is 3.88. The predicted octanol–water partition coefficient (Wildman–Crippen LogP) is 2.27. The van der Waals surface area contributed by atoms with Gasteiger partial charge in [-0.1, -0.05) is 18.2 Å². The molecule has 12 heavy (non-hydrogen) atoms. The van der Waals surface area contributed by atoms with Gasteiger partial charge in [0.2, 0.25) is 0 Å². The van der Waals surface area contributed by atoms with E-state index in [1.165, 1.54) is 0 Å². The quantitative estimate of drug-likeness (QED) is 0.718. The molecule has 1 rings (SSSR count). The highest BCUT2D eigenvalue weighted by Crippen LogP contribution is 2.23. The van der Waals surface area contributed by atoms with Crippen molar-refractivity contribution >= 4 is 0 Å². The Morgan fingerprint density at radius 1 is 1.33 bits per heavy atom. The third-order valence-corrected chi connectivity index (χ3v) is 2.06. The summed E-state index contributed by atoms with van der Waals surface area (Å²) in [7, 11) is 0. The van der Waals surface area contributed by atoms with E-state index in [0.29, 0.717) is 0 Å². The highest BCUT2D eigenvalue weighted by molar-refractivity contribution is 5.35. The van der Waals surface area contributed by atoms with Gasteiger partial charge in [-0.05, 0) is 30.5 Å². The molecule has 0 amide bonds. The van der Waals surface area contributed by atoms with Crippen LogP contribution in [0.25, 0.3) is 0 Å². The Bertz CT molecular complexity index is 250. The van der Waals surface area contributed by atoms with E-state index in [1.54, 1.807) is 0 Å². The SMILES string of the molecule is Cc1cccc(C)c1C(F)CN. The molecule has 0 bridgehead atoms. The Hall–Kier alpha value is -0.890. The van der Waals surface area contributed by atoms with Crippen LogP contribution in [0.2, 0.25) is 0 Å². The average Bonchev–Trinajstić information content (AvgIpc) is 2.03. The van der Waals surface area contributed by atoms with Gasteiger partial charge in [0.25, 0.3) is 0 Å². The zero-order chi connectivity index (χ0) is 9.14. The molecule has 1 aromatic rings. The summed E-state index contributed by atoms with van der Waals surface area (Å²) in [5.41, 5.74) is 7.98. The number of alkyl halides is 1. The van der Waals surface area contributed by atoms with E-state index in [1.807, 2.05) is 32.0 Å². The smallest absolute Gasteiger partial charge is 0.138 e. The first-order valence-electron chi connectivity index (χ1n) is 4.07. The second-order valence-electron chi connectivity index (χ2n) is 3.01. The molecule has 0 heterocycles. The Morgan fingerprint density at radius 3 is 2.25 bits per heavy atom. The minimum absolute atomic E-state index is 0.0612. The van der Waals surface area contributed by atoms with Crippen molar-refractivity contribution in [3.63, 3.8) is 0 Å². The highest BCUT2D eigenvalue weighted by Gasteiger charge is 2.11. The van der Waals surface area contributed by atoms with Gasteiger partial charge < -0.3 is 5.73 Å². The van der Waals surface area contributed by atoms with Gasteiger partial charge in [0, 0.05) is 6.54 Å². The number of halogens is 1. The van der Waals surface area contributed by atoms with Crippen LogP contribution in [0.5, 0.6) is 0 Å². The van der Waals surface area contributed by atoms with Gasteiger partial charge in [-0.25, -0.2) is 4.39 Å². The van der Waals surface area contributed by atoms with E-state index >= 15 is 0 Å². The summed E-state index contributed by atoms with van der Waals surface area (Å²) in [5.74, 6) is 0. The number of benzene rings is 1. The fraction of sp³-hybridized carbons (Fsp3) is 0.400. The Labute approximate surface area is 72.4 Å². The van der Waals surface area contributed by atoms with Crippen molar-refractivity contribution in [2.24, 2.45) is 5.73 Å². The maximum Gasteiger partial charge on any atom is 0.138 e. The lowest BCUT2D eigenvalue weighted by Crippen LogP contribution is -2.10. The van der Waals surface area contributed by atoms with Crippen LogP contribution >= 0.6 is 0 Å². The maximum atomic E-state index is 13.3. The molecule has 2 heteroatoms. The highest BCUT2D eigenvalue weighted by atomic mass is 19.1. The molecule has 1 nitrogen and oxygen atoms in total. The molecular formula is C10H14FN. The van der Waals surface area contributed by atoms with Gasteiger partial charge in [-0.2, -0.15) is 0 Å². The summed E-state index contributed by atoms with van der Waals surface area (Å²) in [5, 5.41) is 0. The number of hydrogen-bond donors (Lipinski definition) is 1. The molecule has 1 atom stereocenters. The van der Waals surface area contributed by atoms with Gasteiger partial charge >= 0.3 is 0 Å². The van der Waals surface area contributed by atoms with Crippen LogP contribution in [0.1, 0.15) is 22.9 Å². The Kier molecular flexibility index (Phi) is 2.82. The monoisotopic (exact) mass is 167 g/mol. The Morgan fingerprint density at radius 2 is 1.83 bits per heavy atom. The lowest BCUT2D eigenvalue weighted by Gasteiger charge is -2.12. The van der Waals surface area contributed by atoms with E-state index in [4.69, 9.17) is 5.73 Å². The van der Waals surface area contributed by atoms with Crippen LogP contribution in [0.4, 0.5) is 4.39 Å². The normalized spacial score (nSPS) is 13.0. The predicted molar refractivity (Wildman–Crippen MR) is 48.8 cm³/mol. The minimum atomic E-state index is -1.02. The molecule has 0 spiro atoms. The molecular weight excluding hydrogens is 153 g/mol. The lowest BCUT2D eigenvalue weighted by molar-refractivity contribution is 0.350. The number of hydrogen-bond acceptors (Lipinski definition) is 1. The van der Waals surface area contributed by atoms with Crippen molar-refractivity contribution < 1.29 is 4.39 Å². The van der Waals surface area contributed by atoms with Crippen LogP contribution in [0.3, 0.4) is 0 Å². The molecule has 0 aromatic heterocycles. The minimum Gasteiger partial charge on any atom is -0.327 e. The zero-order valence-electron chi connectivity index (χ0n) is 7.47. The van der Waals surface area contributed by atoms with Gasteiger partial charge in [0.05, 0.1) is 0 Å². The summed E-state index contributed by atoms with van der Waals surface area (Å²) in [6.07, 6.45) is -1.02. The molecule has 66 valence electrons. The molecule has 0 saturated heterocycles. The lowest BCUT2D eigenvalue weighted by atomic mass is 9.99. The van der Waals surface area contributed by atoms with Crippen LogP contribution < -0.4 is 5.73 Å². The van der Waals surface area contributed by atoms with Crippen molar-refractivity contribution in [3.05, 3.63) is 34.9 Å². The molecule has 0 saturated carbocycles. The first-order valence-corrected chi connectivity index (χ1v) is 4.07. The van der Waals surface area contributed by atoms with Crippen LogP contribution in [-0.4, -0.2) is 6.54 Å². The van der Waals surface area contributed by atoms with Gasteiger partial charge in [0.15, 0.2) is 0 Å². The Balaban J connectivity index is 3.12. The molecule has 0 aliphatic heterocycles. The number of aryl methyl sites for hydroxylation is 2. The van der Waals surface area contributed by atoms with E-state index in [0.717, 1.165) is 16.7 Å². The largest absolute Gasteiger partial charge is 0.327 e. The molecule has 1 aromatic carbocycles. The van der Waals surface area contributed by atoms with Crippen molar-refractivity contribution in [3.8, 4) is 0 Å². The molecule has 2 N–H and O–H groups in total. The summed E-state index contributed by atoms with van der Waals surface area (Å²) < 4.78 is 13.3. The molecule has 0 radical (unpaired) electrons. The van der Waals surface area contributed by atoms with E-state index in [2.05, 4.69) is 0 Å². The fourth-order valence-electron chi connectivity index (χ4n) is 1.44. The first-order chi connectivity index (χ1) is 5.66. The van der Waals surface area contributed by atoms with Crippen LogP contribution in [0.15, 0.2) is 18.2 Å². The third kappa shape index (κ3) is 1.64. The first kappa shape index (κ1) is 9.20. The van der Waals surface area contributed by atoms with E-state index in [9.17, 15) is 4.39 Å². The third-order valence-electron chi connectivity index (χ3n) is 2.06. The van der Waals surface area contributed by atoms with Gasteiger partial charge in [-0.3, -0.25) is 0 Å². The van der Waals surface area contributed by atoms with Crippen LogP contribution in [-0.2, 0) is 0 Å². The molecule has 0 aliphatic carbocycles. The van der Waals surface area contributed by atoms with Crippen molar-refractivity contribution in [2.45, 2.75) is 20.0 Å². The van der Waals surface area contributed by atoms with E-state index in [-0.39, 0.29) is 6.54 Å². The molecule has 0 fully saturated rings. The average molecular weight is 167 g/mol. The summed E-state index contributed by atoms with van der Waals surface area (Å²) in [6, 6.07) is 5.74. The molecule has 1 unspecified atom stereocenters. The van der Waals surface area contributed by atoms with Gasteiger partial charge in [-0.15, -0.1) is 0 Å². The number of rotatable bonds is 2. The second-order valence-corrected chi connectivity index (χ2v) is 3.01. The van der Waals surface area contributed by atoms with E-state index < -0.39 is 6.17 Å². The van der Waals surface area contributed by atoms with Crippen LogP contribution in [0, 0.1) is 13.8 Å². The van der Waals surface area contributed by atoms with Crippen molar-refractivity contribution in [2.75, 3.05) is 6.54 Å².